The SMILES string of the molecule is COc1ccc(C(=O)N2CCC[C@H]2c2nnc3ccccn23)cn1. The predicted octanol–water partition coefficient (Wildman–Crippen LogP) is 2.11. The van der Waals surface area contributed by atoms with Gasteiger partial charge in [-0.05, 0) is 31.0 Å². The Bertz CT molecular complexity index is 874. The highest BCUT2D eigenvalue weighted by molar-refractivity contribution is 5.94. The van der Waals surface area contributed by atoms with Crippen LogP contribution in [0.1, 0.15) is 35.1 Å². The minimum Gasteiger partial charge on any atom is -0.481 e. The summed E-state index contributed by atoms with van der Waals surface area (Å²) in [5.41, 5.74) is 1.34. The lowest BCUT2D eigenvalue weighted by Crippen LogP contribution is -2.31. The van der Waals surface area contributed by atoms with E-state index in [1.54, 1.807) is 25.4 Å². The Labute approximate surface area is 138 Å². The van der Waals surface area contributed by atoms with Crippen molar-refractivity contribution in [3.63, 3.8) is 0 Å². The lowest BCUT2D eigenvalue weighted by Gasteiger charge is -2.23. The number of hydrogen-bond donors (Lipinski definition) is 0. The van der Waals surface area contributed by atoms with Gasteiger partial charge in [0.25, 0.3) is 5.91 Å². The zero-order chi connectivity index (χ0) is 16.5. The van der Waals surface area contributed by atoms with Crippen LogP contribution < -0.4 is 4.74 Å². The molecule has 7 nitrogen and oxygen atoms in total. The summed E-state index contributed by atoms with van der Waals surface area (Å²) in [5, 5.41) is 8.51. The number of nitrogens with zero attached hydrogens (tertiary/aromatic N) is 5. The fourth-order valence-corrected chi connectivity index (χ4v) is 3.16. The molecule has 24 heavy (non-hydrogen) atoms. The van der Waals surface area contributed by atoms with Gasteiger partial charge >= 0.3 is 0 Å². The minimum atomic E-state index is -0.0722. The van der Waals surface area contributed by atoms with E-state index in [1.165, 1.54) is 0 Å². The summed E-state index contributed by atoms with van der Waals surface area (Å²) in [4.78, 5) is 18.9. The second-order valence-corrected chi connectivity index (χ2v) is 5.73. The van der Waals surface area contributed by atoms with Crippen LogP contribution in [0.15, 0.2) is 42.7 Å². The molecule has 1 saturated heterocycles. The molecule has 1 aliphatic heterocycles. The van der Waals surface area contributed by atoms with Gasteiger partial charge in [0, 0.05) is 25.0 Å². The molecule has 0 N–H and O–H groups in total. The van der Waals surface area contributed by atoms with Gasteiger partial charge in [0.05, 0.1) is 18.7 Å². The smallest absolute Gasteiger partial charge is 0.256 e. The number of carbonyl (C=O) groups is 1. The first-order valence-corrected chi connectivity index (χ1v) is 7.88. The Kier molecular flexibility index (Phi) is 3.60. The molecule has 0 radical (unpaired) electrons. The molecule has 0 aliphatic carbocycles. The number of carbonyl (C=O) groups excluding carboxylic acids is 1. The third-order valence-corrected chi connectivity index (χ3v) is 4.34. The largest absolute Gasteiger partial charge is 0.481 e. The third-order valence-electron chi connectivity index (χ3n) is 4.34. The summed E-state index contributed by atoms with van der Waals surface area (Å²) in [6, 6.07) is 9.14. The number of fused-ring (bicyclic) bond motifs is 1. The number of pyridine rings is 2. The van der Waals surface area contributed by atoms with E-state index in [0.717, 1.165) is 24.3 Å². The Morgan fingerprint density at radius 2 is 2.17 bits per heavy atom. The van der Waals surface area contributed by atoms with E-state index in [9.17, 15) is 4.79 Å². The molecule has 1 aliphatic rings. The van der Waals surface area contributed by atoms with E-state index in [2.05, 4.69) is 15.2 Å². The van der Waals surface area contributed by atoms with Crippen molar-refractivity contribution in [2.45, 2.75) is 18.9 Å². The molecule has 7 heteroatoms. The molecule has 0 aromatic carbocycles. The number of rotatable bonds is 3. The van der Waals surface area contributed by atoms with Gasteiger partial charge in [-0.1, -0.05) is 6.07 Å². The van der Waals surface area contributed by atoms with Crippen molar-refractivity contribution in [3.8, 4) is 5.88 Å². The van der Waals surface area contributed by atoms with Crippen LogP contribution in [0.5, 0.6) is 5.88 Å². The monoisotopic (exact) mass is 323 g/mol. The zero-order valence-corrected chi connectivity index (χ0v) is 13.3. The summed E-state index contributed by atoms with van der Waals surface area (Å²) >= 11 is 0. The molecule has 1 fully saturated rings. The maximum atomic E-state index is 12.9. The van der Waals surface area contributed by atoms with Crippen LogP contribution in [0.4, 0.5) is 0 Å². The van der Waals surface area contributed by atoms with E-state index in [4.69, 9.17) is 4.74 Å². The first-order chi connectivity index (χ1) is 11.8. The van der Waals surface area contributed by atoms with Crippen molar-refractivity contribution in [1.82, 2.24) is 24.5 Å². The van der Waals surface area contributed by atoms with Gasteiger partial charge in [-0.2, -0.15) is 0 Å². The van der Waals surface area contributed by atoms with Crippen molar-refractivity contribution < 1.29 is 9.53 Å². The first kappa shape index (κ1) is 14.6. The van der Waals surface area contributed by atoms with Crippen LogP contribution in [0.25, 0.3) is 5.65 Å². The van der Waals surface area contributed by atoms with Crippen LogP contribution in [0.3, 0.4) is 0 Å². The zero-order valence-electron chi connectivity index (χ0n) is 13.3. The van der Waals surface area contributed by atoms with Gasteiger partial charge in [-0.15, -0.1) is 10.2 Å². The molecule has 3 aromatic heterocycles. The lowest BCUT2D eigenvalue weighted by molar-refractivity contribution is 0.0728. The van der Waals surface area contributed by atoms with E-state index >= 15 is 0 Å². The standard InChI is InChI=1S/C17H17N5O2/c1-24-15-8-7-12(11-18-15)17(23)21-10-4-5-13(21)16-20-19-14-6-2-3-9-22(14)16/h2-3,6-9,11,13H,4-5,10H2,1H3/t13-/m0/s1. The molecule has 0 unspecified atom stereocenters. The van der Waals surface area contributed by atoms with Crippen molar-refractivity contribution >= 4 is 11.6 Å². The van der Waals surface area contributed by atoms with E-state index < -0.39 is 0 Å². The third kappa shape index (κ3) is 2.38. The minimum absolute atomic E-state index is 0.0414. The summed E-state index contributed by atoms with van der Waals surface area (Å²) in [6.07, 6.45) is 5.31. The topological polar surface area (TPSA) is 72.6 Å². The van der Waals surface area contributed by atoms with Crippen molar-refractivity contribution in [3.05, 3.63) is 54.1 Å². The molecule has 4 heterocycles. The average molecular weight is 323 g/mol. The summed E-state index contributed by atoms with van der Waals surface area (Å²) < 4.78 is 6.99. The molecule has 122 valence electrons. The van der Waals surface area contributed by atoms with Crippen LogP contribution in [-0.4, -0.2) is 44.0 Å². The number of likely N-dealkylation sites (tertiary alicyclic amines) is 1. The molecule has 0 saturated carbocycles. The fourth-order valence-electron chi connectivity index (χ4n) is 3.16. The van der Waals surface area contributed by atoms with E-state index in [1.807, 2.05) is 33.7 Å². The molecule has 3 aromatic rings. The average Bonchev–Trinajstić information content (AvgIpc) is 3.27. The van der Waals surface area contributed by atoms with Crippen LogP contribution in [-0.2, 0) is 0 Å². The Hall–Kier alpha value is -2.96. The molecule has 4 rings (SSSR count). The quantitative estimate of drug-likeness (QED) is 0.738. The molecular weight excluding hydrogens is 306 g/mol. The summed E-state index contributed by atoms with van der Waals surface area (Å²) in [5.74, 6) is 1.26. The fraction of sp³-hybridized carbons (Fsp3) is 0.294. The normalized spacial score (nSPS) is 17.4. The Balaban J connectivity index is 1.65. The van der Waals surface area contributed by atoms with Crippen molar-refractivity contribution in [1.29, 1.82) is 0 Å². The Morgan fingerprint density at radius 1 is 1.25 bits per heavy atom. The van der Waals surface area contributed by atoms with Crippen LogP contribution in [0.2, 0.25) is 0 Å². The van der Waals surface area contributed by atoms with E-state index in [0.29, 0.717) is 18.0 Å². The number of aromatic nitrogens is 4. The highest BCUT2D eigenvalue weighted by atomic mass is 16.5. The first-order valence-electron chi connectivity index (χ1n) is 7.88. The lowest BCUT2D eigenvalue weighted by atomic mass is 10.2. The van der Waals surface area contributed by atoms with Crippen molar-refractivity contribution in [2.24, 2.45) is 0 Å². The van der Waals surface area contributed by atoms with Gasteiger partial charge in [0.2, 0.25) is 5.88 Å². The maximum absolute atomic E-state index is 12.9. The number of ether oxygens (including phenoxy) is 1. The van der Waals surface area contributed by atoms with Gasteiger partial charge < -0.3 is 9.64 Å². The predicted molar refractivity (Wildman–Crippen MR) is 86.8 cm³/mol. The van der Waals surface area contributed by atoms with Gasteiger partial charge in [0.1, 0.15) is 0 Å². The molecule has 1 amide bonds. The highest BCUT2D eigenvalue weighted by Gasteiger charge is 2.33. The molecule has 1 atom stereocenters. The van der Waals surface area contributed by atoms with E-state index in [-0.39, 0.29) is 11.9 Å². The van der Waals surface area contributed by atoms with Gasteiger partial charge in [-0.25, -0.2) is 4.98 Å². The van der Waals surface area contributed by atoms with Crippen LogP contribution >= 0.6 is 0 Å². The van der Waals surface area contributed by atoms with Gasteiger partial charge in [-0.3, -0.25) is 9.20 Å². The van der Waals surface area contributed by atoms with Crippen LogP contribution in [0, 0.1) is 0 Å². The second-order valence-electron chi connectivity index (χ2n) is 5.73. The molecule has 0 bridgehead atoms. The Morgan fingerprint density at radius 3 is 2.96 bits per heavy atom. The van der Waals surface area contributed by atoms with Gasteiger partial charge in [0.15, 0.2) is 11.5 Å². The number of hydrogen-bond acceptors (Lipinski definition) is 5. The number of amides is 1. The highest BCUT2D eigenvalue weighted by Crippen LogP contribution is 2.32. The molecular formula is C17H17N5O2. The van der Waals surface area contributed by atoms with Crippen molar-refractivity contribution in [2.75, 3.05) is 13.7 Å². The number of methoxy groups -OCH3 is 1. The molecule has 0 spiro atoms. The maximum Gasteiger partial charge on any atom is 0.256 e. The second kappa shape index (κ2) is 5.92. The summed E-state index contributed by atoms with van der Waals surface area (Å²) in [6.45, 7) is 0.706. The summed E-state index contributed by atoms with van der Waals surface area (Å²) in [7, 11) is 1.55.